The summed E-state index contributed by atoms with van der Waals surface area (Å²) in [5, 5.41) is 0. The van der Waals surface area contributed by atoms with E-state index in [4.69, 9.17) is 0 Å². The fraction of sp³-hybridized carbons (Fsp3) is 0.857. The van der Waals surface area contributed by atoms with Crippen LogP contribution >= 0.6 is 0 Å². The van der Waals surface area contributed by atoms with Crippen LogP contribution in [0.5, 0.6) is 0 Å². The topological polar surface area (TPSA) is 44.0 Å². The molecule has 0 bridgehead atoms. The molecule has 1 aromatic rings. The first kappa shape index (κ1) is 33.2. The van der Waals surface area contributed by atoms with Gasteiger partial charge >= 0.3 is 225 Å². The summed E-state index contributed by atoms with van der Waals surface area (Å²) in [4.78, 5) is 28.0. The van der Waals surface area contributed by atoms with Gasteiger partial charge in [0.05, 0.1) is 0 Å². The van der Waals surface area contributed by atoms with Crippen LogP contribution in [0.2, 0.25) is 26.6 Å². The van der Waals surface area contributed by atoms with Crippen molar-refractivity contribution in [3.63, 3.8) is 0 Å². The Morgan fingerprint density at radius 3 is 1.23 bits per heavy atom. The van der Waals surface area contributed by atoms with Crippen LogP contribution in [-0.2, 0) is 0 Å². The molecule has 0 fully saturated rings. The predicted octanol–water partition coefficient (Wildman–Crippen LogP) is 8.54. The molecule has 35 heavy (non-hydrogen) atoms. The summed E-state index contributed by atoms with van der Waals surface area (Å²) in [5.41, 5.74) is -0.679. The van der Waals surface area contributed by atoms with Crippen molar-refractivity contribution >= 4 is 37.3 Å². The molecular weight excluding hydrogens is 653 g/mol. The van der Waals surface area contributed by atoms with Crippen LogP contribution in [0, 0.1) is 5.82 Å². The molecule has 4 nitrogen and oxygen atoms in total. The molecule has 0 aliphatic carbocycles. The molecule has 1 aromatic heterocycles. The molecule has 1 heterocycles. The molecule has 0 saturated carbocycles. The van der Waals surface area contributed by atoms with Crippen molar-refractivity contribution in [2.45, 2.75) is 145 Å². The van der Waals surface area contributed by atoms with Gasteiger partial charge in [-0.2, -0.15) is 0 Å². The summed E-state index contributed by atoms with van der Waals surface area (Å²) < 4.78 is 25.5. The molecule has 7 heteroatoms. The number of halogens is 1. The zero-order valence-electron chi connectivity index (χ0n) is 23.9. The average Bonchev–Trinajstić information content (AvgIpc) is 2.86. The number of unbranched alkanes of at least 4 members (excludes halogenated alkanes) is 6. The normalized spacial score (nSPS) is 12.4. The second kappa shape index (κ2) is 17.7. The Hall–Kier alpha value is 0.207. The van der Waals surface area contributed by atoms with Gasteiger partial charge in [-0.3, -0.25) is 0 Å². The first-order valence-electron chi connectivity index (χ1n) is 14.9. The molecule has 0 atom stereocenters. The van der Waals surface area contributed by atoms with E-state index in [1.807, 2.05) is 2.79 Å². The number of hydrogen-bond donors (Lipinski definition) is 0. The van der Waals surface area contributed by atoms with Crippen LogP contribution in [0.4, 0.5) is 4.39 Å². The molecule has 0 aromatic carbocycles. The monoisotopic (exact) mass is 710 g/mol. The van der Waals surface area contributed by atoms with E-state index in [9.17, 15) is 9.59 Å². The van der Waals surface area contributed by atoms with Crippen LogP contribution in [0.25, 0.3) is 0 Å². The molecule has 0 spiro atoms. The van der Waals surface area contributed by atoms with Gasteiger partial charge in [0, 0.05) is 0 Å². The van der Waals surface area contributed by atoms with Gasteiger partial charge in [0.1, 0.15) is 0 Å². The van der Waals surface area contributed by atoms with Crippen LogP contribution in [0.15, 0.2) is 15.8 Å². The number of aromatic nitrogens is 2. The summed E-state index contributed by atoms with van der Waals surface area (Å²) in [6.07, 6.45) is 14.3. The molecule has 0 N–H and O–H groups in total. The molecule has 0 saturated heterocycles. The summed E-state index contributed by atoms with van der Waals surface area (Å²) in [6, 6.07) is 0. The second-order valence-electron chi connectivity index (χ2n) is 10.8. The average molecular weight is 708 g/mol. The Morgan fingerprint density at radius 1 is 0.600 bits per heavy atom. The van der Waals surface area contributed by atoms with Gasteiger partial charge in [0.2, 0.25) is 0 Å². The predicted molar refractivity (Wildman–Crippen MR) is 156 cm³/mol. The maximum absolute atomic E-state index is 15.6. The molecular formula is C28H55FN2O2Sn2. The molecule has 0 radical (unpaired) electrons. The standard InChI is InChI=1S/C4H3FN2O2.6C4H9.2Sn/c5-2-1-6-4(9)7-3(2)8;6*1-3-4-2;;/h1H,(H2,6,7,8,9);6*1,3-4H2,2H3;;/q;;;;;;;2*+1/p-2. The first-order chi connectivity index (χ1) is 16.8. The van der Waals surface area contributed by atoms with E-state index in [1.54, 1.807) is 2.79 Å². The minimum atomic E-state index is -3.48. The van der Waals surface area contributed by atoms with Gasteiger partial charge in [-0.05, 0) is 0 Å². The zero-order valence-corrected chi connectivity index (χ0v) is 29.6. The van der Waals surface area contributed by atoms with Crippen molar-refractivity contribution in [1.29, 1.82) is 0 Å². The molecule has 0 aliphatic heterocycles. The van der Waals surface area contributed by atoms with Gasteiger partial charge in [0.25, 0.3) is 0 Å². The van der Waals surface area contributed by atoms with Crippen LogP contribution in [0.3, 0.4) is 0 Å². The van der Waals surface area contributed by atoms with Crippen molar-refractivity contribution in [3.8, 4) is 0 Å². The third-order valence-electron chi connectivity index (χ3n) is 8.01. The van der Waals surface area contributed by atoms with E-state index >= 15 is 4.39 Å². The van der Waals surface area contributed by atoms with E-state index in [2.05, 4.69) is 41.5 Å². The van der Waals surface area contributed by atoms with Gasteiger partial charge < -0.3 is 0 Å². The Balaban J connectivity index is 3.95. The zero-order chi connectivity index (χ0) is 26.3. The van der Waals surface area contributed by atoms with E-state index in [1.165, 1.54) is 6.20 Å². The van der Waals surface area contributed by atoms with Crippen LogP contribution < -0.4 is 11.2 Å². The summed E-state index contributed by atoms with van der Waals surface area (Å²) in [6.45, 7) is 13.2. The van der Waals surface area contributed by atoms with E-state index in [0.29, 0.717) is 0 Å². The Labute approximate surface area is 223 Å². The SMILES string of the molecule is CCC[CH2][Sn]([CH2]CCC)([CH2]CCC)[n]1cc(F)c(=O)[n]([Sn]([CH2]CCC)([CH2]CCC)[CH2]CCC)c1=O. The minimum absolute atomic E-state index is 0.0883. The Kier molecular flexibility index (Phi) is 16.8. The van der Waals surface area contributed by atoms with Gasteiger partial charge in [-0.1, -0.05) is 0 Å². The fourth-order valence-corrected chi connectivity index (χ4v) is 37.7. The molecule has 0 aliphatic rings. The van der Waals surface area contributed by atoms with Crippen molar-refractivity contribution in [3.05, 3.63) is 32.9 Å². The van der Waals surface area contributed by atoms with E-state index in [-0.39, 0.29) is 5.69 Å². The second-order valence-corrected chi connectivity index (χ2v) is 36.0. The van der Waals surface area contributed by atoms with Crippen LogP contribution in [-0.4, -0.2) is 42.9 Å². The van der Waals surface area contributed by atoms with Crippen molar-refractivity contribution in [2.75, 3.05) is 0 Å². The summed E-state index contributed by atoms with van der Waals surface area (Å²) in [5.74, 6) is -0.666. The van der Waals surface area contributed by atoms with Gasteiger partial charge in [-0.15, -0.1) is 0 Å². The van der Waals surface area contributed by atoms with Gasteiger partial charge in [0.15, 0.2) is 0 Å². The maximum atomic E-state index is 15.6. The van der Waals surface area contributed by atoms with Crippen LogP contribution in [0.1, 0.15) is 119 Å². The Morgan fingerprint density at radius 2 is 0.914 bits per heavy atom. The molecule has 1 rings (SSSR count). The first-order valence-corrected chi connectivity index (χ1v) is 29.5. The third kappa shape index (κ3) is 9.17. The summed E-state index contributed by atoms with van der Waals surface area (Å²) >= 11 is -6.75. The summed E-state index contributed by atoms with van der Waals surface area (Å²) in [7, 11) is 0. The quantitative estimate of drug-likeness (QED) is 0.128. The number of rotatable bonds is 20. The van der Waals surface area contributed by atoms with E-state index < -0.39 is 48.7 Å². The number of nitrogens with zero attached hydrogens (tertiary/aromatic N) is 2. The molecule has 0 amide bonds. The third-order valence-corrected chi connectivity index (χ3v) is 37.7. The molecule has 204 valence electrons. The van der Waals surface area contributed by atoms with E-state index in [0.717, 1.165) is 104 Å². The van der Waals surface area contributed by atoms with Crippen molar-refractivity contribution in [2.24, 2.45) is 0 Å². The Bertz CT molecular complexity index is 794. The molecule has 0 unspecified atom stereocenters. The van der Waals surface area contributed by atoms with Gasteiger partial charge in [-0.25, -0.2) is 0 Å². The van der Waals surface area contributed by atoms with Crippen molar-refractivity contribution in [1.82, 2.24) is 5.58 Å². The fourth-order valence-electron chi connectivity index (χ4n) is 5.77. The number of hydrogen-bond acceptors (Lipinski definition) is 2. The van der Waals surface area contributed by atoms with Crippen molar-refractivity contribution < 1.29 is 4.39 Å².